The highest BCUT2D eigenvalue weighted by atomic mass is 28.2. The van der Waals surface area contributed by atoms with E-state index in [2.05, 4.69) is 172 Å². The van der Waals surface area contributed by atoms with Gasteiger partial charge in [0.05, 0.1) is 38.8 Å². The van der Waals surface area contributed by atoms with E-state index in [1.807, 2.05) is 0 Å². The van der Waals surface area contributed by atoms with Crippen molar-refractivity contribution in [1.82, 2.24) is 29.3 Å². The second-order valence-corrected chi connectivity index (χ2v) is 14.9. The lowest BCUT2D eigenvalue weighted by molar-refractivity contribution is 1.01. The fourth-order valence-electron chi connectivity index (χ4n) is 7.91. The minimum atomic E-state index is -0.842. The van der Waals surface area contributed by atoms with Gasteiger partial charge in [0, 0.05) is 44.0 Å². The Morgan fingerprint density at radius 2 is 0.961 bits per heavy atom. The quantitative estimate of drug-likeness (QED) is 0.179. The van der Waals surface area contributed by atoms with Crippen LogP contribution in [0.2, 0.25) is 0 Å². The van der Waals surface area contributed by atoms with E-state index in [0.29, 0.717) is 5.82 Å². The molecule has 11 rings (SSSR count). The Balaban J connectivity index is 1.03. The van der Waals surface area contributed by atoms with Gasteiger partial charge in [0.25, 0.3) is 0 Å². The summed E-state index contributed by atoms with van der Waals surface area (Å²) in [5.74, 6) is 0.614. The number of hydrogen-bond acceptors (Lipinski definition) is 4. The van der Waals surface area contributed by atoms with Crippen LogP contribution < -0.4 is 10.5 Å². The molecule has 4 aromatic heterocycles. The van der Waals surface area contributed by atoms with Crippen molar-refractivity contribution in [2.24, 2.45) is 0 Å². The molecule has 7 heteroatoms. The first kappa shape index (κ1) is 28.2. The zero-order valence-electron chi connectivity index (χ0n) is 27.4. The van der Waals surface area contributed by atoms with Crippen LogP contribution in [0.15, 0.2) is 158 Å². The van der Waals surface area contributed by atoms with Gasteiger partial charge in [0.15, 0.2) is 5.82 Å². The summed E-state index contributed by atoms with van der Waals surface area (Å²) in [7, 11) is -0.842. The first-order valence-electron chi connectivity index (χ1n) is 17.2. The lowest BCUT2D eigenvalue weighted by atomic mass is 10.1. The Labute approximate surface area is 295 Å². The number of para-hydroxylation sites is 4. The number of aromatic nitrogens is 6. The number of fused-ring (bicyclic) bond motifs is 9. The van der Waals surface area contributed by atoms with Crippen molar-refractivity contribution in [3.05, 3.63) is 158 Å². The average Bonchev–Trinajstić information content (AvgIpc) is 3.85. The topological polar surface area (TPSA) is 61.4 Å². The molecule has 6 aromatic carbocycles. The second-order valence-electron chi connectivity index (χ2n) is 13.2. The standard InChI is InChI=1S/C44H28N6Si/c1-3-11-29(12-4-1)49-36-17-9-7-15-31(36)33-21-19-27(25-38(33)49)35-23-24-40-41(45-35)42-44(51-40)48-47-43(46-42)28-20-22-34-32-16-8-10-18-37(32)50(39(34)26-28)30-13-5-2-6-14-30/h1-26H,51H2. The van der Waals surface area contributed by atoms with Gasteiger partial charge in [-0.2, -0.15) is 5.10 Å². The summed E-state index contributed by atoms with van der Waals surface area (Å²) < 4.78 is 4.67. The van der Waals surface area contributed by atoms with Crippen LogP contribution in [0.3, 0.4) is 0 Å². The molecule has 0 unspecified atom stereocenters. The number of benzene rings is 6. The molecule has 238 valence electrons. The summed E-state index contributed by atoms with van der Waals surface area (Å²) >= 11 is 0. The van der Waals surface area contributed by atoms with E-state index in [1.165, 1.54) is 37.8 Å². The van der Waals surface area contributed by atoms with E-state index < -0.39 is 9.52 Å². The third-order valence-corrected chi connectivity index (χ3v) is 12.0. The van der Waals surface area contributed by atoms with Gasteiger partial charge in [0.1, 0.15) is 15.2 Å². The zero-order valence-corrected chi connectivity index (χ0v) is 28.8. The minimum absolute atomic E-state index is 0.614. The molecule has 0 bridgehead atoms. The van der Waals surface area contributed by atoms with E-state index in [1.54, 1.807) is 0 Å². The Bertz CT molecular complexity index is 2800. The molecule has 1 aliphatic rings. The van der Waals surface area contributed by atoms with Gasteiger partial charge >= 0.3 is 0 Å². The van der Waals surface area contributed by atoms with Crippen molar-refractivity contribution in [3.63, 3.8) is 0 Å². The van der Waals surface area contributed by atoms with E-state index in [9.17, 15) is 0 Å². The van der Waals surface area contributed by atoms with E-state index >= 15 is 0 Å². The van der Waals surface area contributed by atoms with E-state index in [-0.39, 0.29) is 0 Å². The molecule has 0 amide bonds. The molecule has 10 aromatic rings. The number of nitrogens with zero attached hydrogens (tertiary/aromatic N) is 6. The molecule has 51 heavy (non-hydrogen) atoms. The SMILES string of the molecule is c1ccc(-n2c3ccccc3c3ccc(-c4ccc5c(n4)-c4nc(-c6ccc7c8ccccc8n(-c8ccccc8)c7c6)nnc4[SiH2]5)cc32)cc1. The summed E-state index contributed by atoms with van der Waals surface area (Å²) in [5, 5.41) is 16.6. The Morgan fingerprint density at radius 3 is 1.61 bits per heavy atom. The smallest absolute Gasteiger partial charge is 0.182 e. The molecule has 0 fully saturated rings. The van der Waals surface area contributed by atoms with Crippen LogP contribution in [0.5, 0.6) is 0 Å². The van der Waals surface area contributed by atoms with Gasteiger partial charge in [-0.05, 0) is 59.8 Å². The summed E-state index contributed by atoms with van der Waals surface area (Å²) in [4.78, 5) is 10.5. The lowest BCUT2D eigenvalue weighted by Crippen LogP contribution is -2.25. The molecule has 0 aliphatic carbocycles. The lowest BCUT2D eigenvalue weighted by Gasteiger charge is -2.10. The first-order valence-corrected chi connectivity index (χ1v) is 18.6. The van der Waals surface area contributed by atoms with Crippen molar-refractivity contribution < 1.29 is 0 Å². The fourth-order valence-corrected chi connectivity index (χ4v) is 9.47. The van der Waals surface area contributed by atoms with Gasteiger partial charge in [-0.25, -0.2) is 9.97 Å². The van der Waals surface area contributed by atoms with E-state index in [4.69, 9.17) is 15.1 Å². The maximum atomic E-state index is 5.29. The normalized spacial score (nSPS) is 12.7. The minimum Gasteiger partial charge on any atom is -0.309 e. The largest absolute Gasteiger partial charge is 0.309 e. The van der Waals surface area contributed by atoms with Crippen molar-refractivity contribution >= 4 is 63.6 Å². The van der Waals surface area contributed by atoms with Crippen molar-refractivity contribution in [1.29, 1.82) is 0 Å². The highest BCUT2D eigenvalue weighted by Gasteiger charge is 2.26. The van der Waals surface area contributed by atoms with Gasteiger partial charge in [-0.3, -0.25) is 0 Å². The highest BCUT2D eigenvalue weighted by molar-refractivity contribution is 6.72. The maximum Gasteiger partial charge on any atom is 0.182 e. The van der Waals surface area contributed by atoms with Crippen LogP contribution in [0.4, 0.5) is 0 Å². The summed E-state index contributed by atoms with van der Waals surface area (Å²) in [5.41, 5.74) is 11.6. The molecule has 0 atom stereocenters. The molecular weight excluding hydrogens is 641 g/mol. The van der Waals surface area contributed by atoms with Crippen LogP contribution in [-0.2, 0) is 0 Å². The number of pyridine rings is 1. The van der Waals surface area contributed by atoms with E-state index in [0.717, 1.165) is 55.9 Å². The van der Waals surface area contributed by atoms with Crippen molar-refractivity contribution in [2.45, 2.75) is 0 Å². The van der Waals surface area contributed by atoms with Crippen LogP contribution in [0.25, 0.3) is 89.0 Å². The first-order chi connectivity index (χ1) is 25.3. The van der Waals surface area contributed by atoms with Gasteiger partial charge < -0.3 is 9.13 Å². The Kier molecular flexibility index (Phi) is 6.02. The molecule has 6 nitrogen and oxygen atoms in total. The molecule has 0 saturated carbocycles. The van der Waals surface area contributed by atoms with Crippen LogP contribution >= 0.6 is 0 Å². The molecule has 5 heterocycles. The maximum absolute atomic E-state index is 5.29. The zero-order chi connectivity index (χ0) is 33.5. The number of hydrogen-bond donors (Lipinski definition) is 0. The molecule has 0 saturated heterocycles. The summed E-state index contributed by atoms with van der Waals surface area (Å²) in [6.45, 7) is 0. The molecule has 0 radical (unpaired) electrons. The Morgan fingerprint density at radius 1 is 0.412 bits per heavy atom. The second kappa shape index (κ2) is 10.9. The molecule has 1 aliphatic heterocycles. The van der Waals surface area contributed by atoms with Gasteiger partial charge in [-0.15, -0.1) is 5.10 Å². The predicted molar refractivity (Wildman–Crippen MR) is 210 cm³/mol. The van der Waals surface area contributed by atoms with Gasteiger partial charge in [-0.1, -0.05) is 103 Å². The fraction of sp³-hybridized carbons (Fsp3) is 0. The predicted octanol–water partition coefficient (Wildman–Crippen LogP) is 7.89. The van der Waals surface area contributed by atoms with Crippen LogP contribution in [0.1, 0.15) is 0 Å². The molecule has 0 N–H and O–H groups in total. The van der Waals surface area contributed by atoms with Crippen LogP contribution in [-0.4, -0.2) is 38.8 Å². The average molecular weight is 669 g/mol. The van der Waals surface area contributed by atoms with Crippen molar-refractivity contribution in [2.75, 3.05) is 0 Å². The van der Waals surface area contributed by atoms with Crippen LogP contribution in [0, 0.1) is 0 Å². The monoisotopic (exact) mass is 668 g/mol. The third-order valence-electron chi connectivity index (χ3n) is 10.2. The highest BCUT2D eigenvalue weighted by Crippen LogP contribution is 2.36. The third kappa shape index (κ3) is 4.28. The molecular formula is C44H28N6Si. The molecule has 0 spiro atoms. The summed E-state index contributed by atoms with van der Waals surface area (Å²) in [6, 6.07) is 55.8. The number of rotatable bonds is 4. The van der Waals surface area contributed by atoms with Crippen molar-refractivity contribution in [3.8, 4) is 45.4 Å². The Hall–Kier alpha value is -6.70. The summed E-state index contributed by atoms with van der Waals surface area (Å²) in [6.07, 6.45) is 0. The van der Waals surface area contributed by atoms with Gasteiger partial charge in [0.2, 0.25) is 0 Å².